The number of aryl methyl sites for hydroxylation is 1. The second-order valence-corrected chi connectivity index (χ2v) is 9.74. The number of nitrogens with zero attached hydrogens (tertiary/aromatic N) is 1. The first kappa shape index (κ1) is 24.1. The minimum absolute atomic E-state index is 0.124. The Labute approximate surface area is 201 Å². The molecule has 0 spiro atoms. The first-order valence-electron chi connectivity index (χ1n) is 11.0. The molecular formula is C26H29NO6S. The van der Waals surface area contributed by atoms with Crippen LogP contribution in [0.3, 0.4) is 0 Å². The van der Waals surface area contributed by atoms with Gasteiger partial charge in [-0.15, -0.1) is 0 Å². The second-order valence-electron chi connectivity index (χ2n) is 8.19. The third-order valence-electron chi connectivity index (χ3n) is 5.81. The van der Waals surface area contributed by atoms with Crippen LogP contribution in [0.4, 0.5) is 0 Å². The quantitative estimate of drug-likeness (QED) is 0.441. The van der Waals surface area contributed by atoms with Gasteiger partial charge in [0.25, 0.3) is 0 Å². The van der Waals surface area contributed by atoms with Crippen LogP contribution in [0.2, 0.25) is 0 Å². The number of hydrogen-bond acceptors (Lipinski definition) is 7. The molecule has 0 aromatic heterocycles. The lowest BCUT2D eigenvalue weighted by atomic mass is 10.1. The molecule has 1 heterocycles. The fourth-order valence-electron chi connectivity index (χ4n) is 3.89. The van der Waals surface area contributed by atoms with E-state index in [4.69, 9.17) is 18.4 Å². The van der Waals surface area contributed by atoms with Crippen molar-refractivity contribution in [1.82, 2.24) is 4.90 Å². The van der Waals surface area contributed by atoms with Crippen LogP contribution in [0.25, 0.3) is 0 Å². The molecule has 4 rings (SSSR count). The molecule has 8 heteroatoms. The molecule has 3 aromatic rings. The summed E-state index contributed by atoms with van der Waals surface area (Å²) in [5.41, 5.74) is 3.02. The van der Waals surface area contributed by atoms with Crippen molar-refractivity contribution < 1.29 is 26.8 Å². The molecule has 0 N–H and O–H groups in total. The fraction of sp³-hybridized carbons (Fsp3) is 0.308. The fourth-order valence-corrected chi connectivity index (χ4v) is 4.82. The number of hydrogen-bond donors (Lipinski definition) is 0. The second kappa shape index (κ2) is 10.5. The summed E-state index contributed by atoms with van der Waals surface area (Å²) in [5, 5.41) is 0. The molecule has 1 aliphatic heterocycles. The highest BCUT2D eigenvalue weighted by molar-refractivity contribution is 7.87. The Balaban J connectivity index is 1.41. The van der Waals surface area contributed by atoms with Crippen LogP contribution in [0, 0.1) is 6.92 Å². The normalized spacial score (nSPS) is 16.7. The minimum Gasteiger partial charge on any atom is -0.497 e. The lowest BCUT2D eigenvalue weighted by Crippen LogP contribution is -2.37. The van der Waals surface area contributed by atoms with E-state index < -0.39 is 10.1 Å². The van der Waals surface area contributed by atoms with Gasteiger partial charge in [0.05, 0.1) is 26.9 Å². The van der Waals surface area contributed by atoms with E-state index in [1.165, 1.54) is 0 Å². The zero-order valence-electron chi connectivity index (χ0n) is 19.6. The van der Waals surface area contributed by atoms with Crippen LogP contribution in [0.15, 0.2) is 71.6 Å². The van der Waals surface area contributed by atoms with Crippen LogP contribution in [-0.2, 0) is 21.4 Å². The number of rotatable bonds is 8. The summed E-state index contributed by atoms with van der Waals surface area (Å²) >= 11 is 0. The molecular weight excluding hydrogens is 454 g/mol. The average Bonchev–Trinajstić information content (AvgIpc) is 2.85. The van der Waals surface area contributed by atoms with Gasteiger partial charge in [-0.3, -0.25) is 4.90 Å². The smallest absolute Gasteiger partial charge is 0.339 e. The van der Waals surface area contributed by atoms with E-state index in [2.05, 4.69) is 4.90 Å². The van der Waals surface area contributed by atoms with Crippen LogP contribution in [0.1, 0.15) is 22.8 Å². The summed E-state index contributed by atoms with van der Waals surface area (Å²) in [6.07, 6.45) is -0.124. The summed E-state index contributed by atoms with van der Waals surface area (Å²) < 4.78 is 47.2. The highest BCUT2D eigenvalue weighted by atomic mass is 32.2. The Morgan fingerprint density at radius 1 is 0.941 bits per heavy atom. The predicted molar refractivity (Wildman–Crippen MR) is 129 cm³/mol. The van der Waals surface area contributed by atoms with E-state index in [9.17, 15) is 8.42 Å². The number of methoxy groups -OCH3 is 2. The molecule has 0 unspecified atom stereocenters. The molecule has 0 saturated carbocycles. The van der Waals surface area contributed by atoms with E-state index in [1.54, 1.807) is 50.6 Å². The van der Waals surface area contributed by atoms with Gasteiger partial charge in [-0.2, -0.15) is 8.42 Å². The van der Waals surface area contributed by atoms with Crippen LogP contribution < -0.4 is 13.7 Å². The third-order valence-corrected chi connectivity index (χ3v) is 7.07. The Kier molecular flexibility index (Phi) is 7.41. The molecule has 1 saturated heterocycles. The number of benzene rings is 3. The monoisotopic (exact) mass is 483 g/mol. The molecule has 1 aliphatic rings. The van der Waals surface area contributed by atoms with E-state index in [0.717, 1.165) is 41.3 Å². The summed E-state index contributed by atoms with van der Waals surface area (Å²) in [6.45, 7) is 4.74. The molecule has 7 nitrogen and oxygen atoms in total. The van der Waals surface area contributed by atoms with Crippen molar-refractivity contribution in [2.24, 2.45) is 0 Å². The minimum atomic E-state index is -3.88. The summed E-state index contributed by atoms with van der Waals surface area (Å²) in [6, 6.07) is 19.4. The van der Waals surface area contributed by atoms with Crippen molar-refractivity contribution in [3.8, 4) is 17.2 Å². The summed E-state index contributed by atoms with van der Waals surface area (Å²) in [5.74, 6) is 1.81. The highest BCUT2D eigenvalue weighted by Gasteiger charge is 2.24. The molecule has 1 fully saturated rings. The first-order valence-corrected chi connectivity index (χ1v) is 12.4. The van der Waals surface area contributed by atoms with Crippen LogP contribution >= 0.6 is 0 Å². The van der Waals surface area contributed by atoms with Gasteiger partial charge in [0.2, 0.25) is 0 Å². The van der Waals surface area contributed by atoms with Crippen LogP contribution in [-0.4, -0.2) is 47.2 Å². The zero-order chi connectivity index (χ0) is 24.1. The molecule has 0 amide bonds. The molecule has 3 aromatic carbocycles. The lowest BCUT2D eigenvalue weighted by molar-refractivity contribution is -0.0331. The van der Waals surface area contributed by atoms with Gasteiger partial charge >= 0.3 is 10.1 Å². The van der Waals surface area contributed by atoms with Gasteiger partial charge in [0.1, 0.15) is 22.1 Å². The Morgan fingerprint density at radius 3 is 2.32 bits per heavy atom. The first-order chi connectivity index (χ1) is 16.4. The van der Waals surface area contributed by atoms with Gasteiger partial charge < -0.3 is 18.4 Å². The van der Waals surface area contributed by atoms with Crippen LogP contribution in [0.5, 0.6) is 17.2 Å². The van der Waals surface area contributed by atoms with Gasteiger partial charge in [-0.25, -0.2) is 0 Å². The maximum absolute atomic E-state index is 12.5. The maximum atomic E-state index is 12.5. The van der Waals surface area contributed by atoms with Crippen molar-refractivity contribution in [1.29, 1.82) is 0 Å². The SMILES string of the molecule is COc1ccc(CN2CCO[C@H](c3ccc(OS(=O)(=O)c4ccc(C)cc4)cc3)C2)c(OC)c1. The Morgan fingerprint density at radius 2 is 1.65 bits per heavy atom. The zero-order valence-corrected chi connectivity index (χ0v) is 20.4. The molecule has 34 heavy (non-hydrogen) atoms. The average molecular weight is 484 g/mol. The largest absolute Gasteiger partial charge is 0.497 e. The number of morpholine rings is 1. The van der Waals surface area contributed by atoms with Crippen molar-refractivity contribution in [2.75, 3.05) is 33.9 Å². The van der Waals surface area contributed by atoms with E-state index in [-0.39, 0.29) is 16.7 Å². The van der Waals surface area contributed by atoms with E-state index in [1.807, 2.05) is 37.3 Å². The van der Waals surface area contributed by atoms with Gasteiger partial charge in [0, 0.05) is 31.3 Å². The lowest BCUT2D eigenvalue weighted by Gasteiger charge is -2.33. The van der Waals surface area contributed by atoms with Gasteiger partial charge in [-0.05, 0) is 42.8 Å². The molecule has 180 valence electrons. The van der Waals surface area contributed by atoms with Crippen molar-refractivity contribution in [3.05, 3.63) is 83.4 Å². The van der Waals surface area contributed by atoms with E-state index in [0.29, 0.717) is 13.2 Å². The summed E-state index contributed by atoms with van der Waals surface area (Å²) in [4.78, 5) is 2.44. The van der Waals surface area contributed by atoms with Gasteiger partial charge in [-0.1, -0.05) is 35.9 Å². The molecule has 1 atom stereocenters. The van der Waals surface area contributed by atoms with Gasteiger partial charge in [0.15, 0.2) is 0 Å². The third kappa shape index (κ3) is 5.70. The Hall–Kier alpha value is -3.07. The maximum Gasteiger partial charge on any atom is 0.339 e. The van der Waals surface area contributed by atoms with E-state index >= 15 is 0 Å². The standard InChI is InChI=1S/C26H29NO6S/c1-19-4-12-24(13-5-19)34(28,29)33-22-9-6-20(7-10-22)26-18-27(14-15-32-26)17-21-8-11-23(30-2)16-25(21)31-3/h4-13,16,26H,14-15,17-18H2,1-3H3/t26-/m0/s1. The summed E-state index contributed by atoms with van der Waals surface area (Å²) in [7, 11) is -0.593. The van der Waals surface area contributed by atoms with Crippen molar-refractivity contribution in [3.63, 3.8) is 0 Å². The van der Waals surface area contributed by atoms with Crippen molar-refractivity contribution in [2.45, 2.75) is 24.5 Å². The predicted octanol–water partition coefficient (Wildman–Crippen LogP) is 4.35. The molecule has 0 radical (unpaired) electrons. The molecule has 0 bridgehead atoms. The molecule has 0 aliphatic carbocycles. The van der Waals surface area contributed by atoms with Crippen molar-refractivity contribution >= 4 is 10.1 Å². The number of ether oxygens (including phenoxy) is 3. The highest BCUT2D eigenvalue weighted by Crippen LogP contribution is 2.29. The Bertz CT molecular complexity index is 1210. The topological polar surface area (TPSA) is 74.3 Å².